The van der Waals surface area contributed by atoms with Crippen LogP contribution in [0.2, 0.25) is 0 Å². The van der Waals surface area contributed by atoms with Gasteiger partial charge in [0.2, 0.25) is 0 Å². The molecule has 0 aromatic rings. The van der Waals surface area contributed by atoms with E-state index >= 15 is 0 Å². The highest BCUT2D eigenvalue weighted by Gasteiger charge is 1.88. The minimum absolute atomic E-state index is 0.619. The van der Waals surface area contributed by atoms with Gasteiger partial charge in [-0.25, -0.2) is 0 Å². The molecule has 0 radical (unpaired) electrons. The Kier molecular flexibility index (Phi) is 10.3. The second-order valence-corrected chi connectivity index (χ2v) is 3.49. The molecule has 0 bridgehead atoms. The largest absolute Gasteiger partial charge is 0.385 e. The highest BCUT2D eigenvalue weighted by molar-refractivity contribution is 7.99. The fourth-order valence-corrected chi connectivity index (χ4v) is 1.55. The number of azide groups is 1. The van der Waals surface area contributed by atoms with Crippen LogP contribution in [0.4, 0.5) is 0 Å². The molecule has 5 heteroatoms. The molecule has 0 saturated heterocycles. The van der Waals surface area contributed by atoms with Gasteiger partial charge in [-0.1, -0.05) is 5.11 Å². The summed E-state index contributed by atoms with van der Waals surface area (Å²) >= 11 is 1.88. The molecule has 0 fully saturated rings. The van der Waals surface area contributed by atoms with E-state index in [9.17, 15) is 0 Å². The van der Waals surface area contributed by atoms with Crippen molar-refractivity contribution in [2.24, 2.45) is 5.11 Å². The Balaban J connectivity index is 2.86. The minimum atomic E-state index is 0.619. The van der Waals surface area contributed by atoms with Crippen LogP contribution in [0.25, 0.3) is 10.4 Å². The SMILES string of the molecule is COCCCSCCCN=[N+]=[N-]. The molecule has 4 nitrogen and oxygen atoms in total. The molecule has 70 valence electrons. The molecule has 0 aromatic carbocycles. The molecule has 0 aromatic heterocycles. The lowest BCUT2D eigenvalue weighted by atomic mass is 10.5. The lowest BCUT2D eigenvalue weighted by Gasteiger charge is -1.98. The van der Waals surface area contributed by atoms with Gasteiger partial charge in [0.15, 0.2) is 0 Å². The third-order valence-corrected chi connectivity index (χ3v) is 2.40. The predicted molar refractivity (Wildman–Crippen MR) is 52.4 cm³/mol. The van der Waals surface area contributed by atoms with Gasteiger partial charge in [-0.2, -0.15) is 11.8 Å². The first-order valence-electron chi connectivity index (χ1n) is 3.99. The molecule has 0 unspecified atom stereocenters. The van der Waals surface area contributed by atoms with Gasteiger partial charge in [0.05, 0.1) is 0 Å². The average Bonchev–Trinajstić information content (AvgIpc) is 2.10. The van der Waals surface area contributed by atoms with Gasteiger partial charge in [-0.05, 0) is 29.9 Å². The van der Waals surface area contributed by atoms with Crippen molar-refractivity contribution in [3.8, 4) is 0 Å². The van der Waals surface area contributed by atoms with E-state index in [-0.39, 0.29) is 0 Å². The number of ether oxygens (including phenoxy) is 1. The molecule has 0 N–H and O–H groups in total. The summed E-state index contributed by atoms with van der Waals surface area (Å²) in [7, 11) is 1.71. The molecule has 0 atom stereocenters. The van der Waals surface area contributed by atoms with Gasteiger partial charge in [-0.3, -0.25) is 0 Å². The van der Waals surface area contributed by atoms with Gasteiger partial charge >= 0.3 is 0 Å². The smallest absolute Gasteiger partial charge is 0.0470 e. The summed E-state index contributed by atoms with van der Waals surface area (Å²) in [5.74, 6) is 2.20. The first kappa shape index (κ1) is 11.6. The maximum Gasteiger partial charge on any atom is 0.0470 e. The summed E-state index contributed by atoms with van der Waals surface area (Å²) in [6.45, 7) is 1.46. The fraction of sp³-hybridized carbons (Fsp3) is 1.00. The van der Waals surface area contributed by atoms with E-state index in [2.05, 4.69) is 10.0 Å². The van der Waals surface area contributed by atoms with Crippen molar-refractivity contribution >= 4 is 11.8 Å². The van der Waals surface area contributed by atoms with Crippen LogP contribution < -0.4 is 0 Å². The zero-order valence-corrected chi connectivity index (χ0v) is 8.22. The van der Waals surface area contributed by atoms with Gasteiger partial charge in [0.1, 0.15) is 0 Å². The predicted octanol–water partition coefficient (Wildman–Crippen LogP) is 2.46. The Bertz CT molecular complexity index is 137. The summed E-state index contributed by atoms with van der Waals surface area (Å²) in [5, 5.41) is 3.45. The molecule has 0 aliphatic rings. The Hall–Kier alpha value is -0.380. The van der Waals surface area contributed by atoms with Crippen molar-refractivity contribution in [2.75, 3.05) is 31.8 Å². The van der Waals surface area contributed by atoms with Crippen LogP contribution >= 0.6 is 11.8 Å². The second kappa shape index (κ2) is 10.6. The fourth-order valence-electron chi connectivity index (χ4n) is 0.689. The van der Waals surface area contributed by atoms with E-state index in [1.807, 2.05) is 11.8 Å². The van der Waals surface area contributed by atoms with Crippen LogP contribution in [0.1, 0.15) is 12.8 Å². The monoisotopic (exact) mass is 189 g/mol. The first-order valence-corrected chi connectivity index (χ1v) is 5.15. The van der Waals surface area contributed by atoms with Crippen LogP contribution in [0.5, 0.6) is 0 Å². The van der Waals surface area contributed by atoms with Crippen molar-refractivity contribution in [2.45, 2.75) is 12.8 Å². The number of methoxy groups -OCH3 is 1. The third-order valence-electron chi connectivity index (χ3n) is 1.25. The van der Waals surface area contributed by atoms with Crippen LogP contribution in [-0.4, -0.2) is 31.8 Å². The summed E-state index contributed by atoms with van der Waals surface area (Å²) in [5.41, 5.74) is 7.97. The van der Waals surface area contributed by atoms with Gasteiger partial charge in [-0.15, -0.1) is 0 Å². The van der Waals surface area contributed by atoms with E-state index in [1.165, 1.54) is 0 Å². The summed E-state index contributed by atoms with van der Waals surface area (Å²) < 4.78 is 4.91. The van der Waals surface area contributed by atoms with Crippen molar-refractivity contribution in [1.82, 2.24) is 0 Å². The van der Waals surface area contributed by atoms with Crippen molar-refractivity contribution in [3.05, 3.63) is 10.4 Å². The minimum Gasteiger partial charge on any atom is -0.385 e. The van der Waals surface area contributed by atoms with Crippen molar-refractivity contribution < 1.29 is 4.74 Å². The molecular weight excluding hydrogens is 174 g/mol. The summed E-state index contributed by atoms with van der Waals surface area (Å²) in [6.07, 6.45) is 2.07. The Morgan fingerprint density at radius 3 is 2.83 bits per heavy atom. The molecule has 0 aliphatic heterocycles. The van der Waals surface area contributed by atoms with Gasteiger partial charge < -0.3 is 4.74 Å². The van der Waals surface area contributed by atoms with E-state index in [0.29, 0.717) is 6.54 Å². The normalized spacial score (nSPS) is 9.42. The molecule has 0 aliphatic carbocycles. The summed E-state index contributed by atoms with van der Waals surface area (Å²) in [6, 6.07) is 0. The van der Waals surface area contributed by atoms with E-state index in [4.69, 9.17) is 10.3 Å². The molecule has 0 heterocycles. The molecule has 0 saturated carbocycles. The lowest BCUT2D eigenvalue weighted by Crippen LogP contribution is -1.92. The van der Waals surface area contributed by atoms with E-state index in [1.54, 1.807) is 7.11 Å². The first-order chi connectivity index (χ1) is 5.91. The number of nitrogens with zero attached hydrogens (tertiary/aromatic N) is 3. The zero-order valence-electron chi connectivity index (χ0n) is 7.40. The Morgan fingerprint density at radius 1 is 1.42 bits per heavy atom. The number of hydrogen-bond donors (Lipinski definition) is 0. The number of rotatable bonds is 8. The highest BCUT2D eigenvalue weighted by atomic mass is 32.2. The van der Waals surface area contributed by atoms with E-state index < -0.39 is 0 Å². The highest BCUT2D eigenvalue weighted by Crippen LogP contribution is 2.04. The Labute approximate surface area is 77.3 Å². The molecule has 0 amide bonds. The van der Waals surface area contributed by atoms with Crippen LogP contribution in [0.3, 0.4) is 0 Å². The number of hydrogen-bond acceptors (Lipinski definition) is 3. The topological polar surface area (TPSA) is 58.0 Å². The second-order valence-electron chi connectivity index (χ2n) is 2.27. The zero-order chi connectivity index (χ0) is 9.07. The van der Waals surface area contributed by atoms with Gasteiger partial charge in [0, 0.05) is 25.2 Å². The van der Waals surface area contributed by atoms with Crippen molar-refractivity contribution in [3.63, 3.8) is 0 Å². The molecule has 0 spiro atoms. The maximum atomic E-state index is 7.97. The summed E-state index contributed by atoms with van der Waals surface area (Å²) in [4.78, 5) is 2.68. The Morgan fingerprint density at radius 2 is 2.17 bits per heavy atom. The van der Waals surface area contributed by atoms with Crippen LogP contribution in [-0.2, 0) is 4.74 Å². The molecule has 0 rings (SSSR count). The van der Waals surface area contributed by atoms with Crippen LogP contribution in [0, 0.1) is 0 Å². The molecular formula is C7H15N3OS. The van der Waals surface area contributed by atoms with Crippen LogP contribution in [0.15, 0.2) is 5.11 Å². The van der Waals surface area contributed by atoms with Crippen molar-refractivity contribution in [1.29, 1.82) is 0 Å². The number of thioether (sulfide) groups is 1. The average molecular weight is 189 g/mol. The van der Waals surface area contributed by atoms with Gasteiger partial charge in [0.25, 0.3) is 0 Å². The third kappa shape index (κ3) is 9.62. The van der Waals surface area contributed by atoms with E-state index in [0.717, 1.165) is 31.0 Å². The molecule has 12 heavy (non-hydrogen) atoms. The standard InChI is InChI=1S/C7H15N3OS/c1-11-5-3-7-12-6-2-4-9-10-8/h2-7H2,1H3. The maximum absolute atomic E-state index is 7.97. The lowest BCUT2D eigenvalue weighted by molar-refractivity contribution is 0.200. The quantitative estimate of drug-likeness (QED) is 0.255.